The fourth-order valence-electron chi connectivity index (χ4n) is 3.35. The van der Waals surface area contributed by atoms with E-state index in [-0.39, 0.29) is 29.2 Å². The van der Waals surface area contributed by atoms with Crippen molar-refractivity contribution in [2.75, 3.05) is 16.8 Å². The summed E-state index contributed by atoms with van der Waals surface area (Å²) in [5.74, 6) is 0.443. The number of benzene rings is 2. The maximum absolute atomic E-state index is 11.0. The topological polar surface area (TPSA) is 188 Å². The van der Waals surface area contributed by atoms with Crippen molar-refractivity contribution in [1.29, 1.82) is 0 Å². The van der Waals surface area contributed by atoms with Crippen LogP contribution in [0.2, 0.25) is 0 Å². The third-order valence-electron chi connectivity index (χ3n) is 4.99. The van der Waals surface area contributed by atoms with Crippen LogP contribution in [-0.4, -0.2) is 25.5 Å². The maximum atomic E-state index is 11.0. The Morgan fingerprint density at radius 1 is 0.909 bits per heavy atom. The van der Waals surface area contributed by atoms with Crippen molar-refractivity contribution in [2.24, 2.45) is 4.99 Å². The Bertz CT molecular complexity index is 1290. The van der Waals surface area contributed by atoms with Crippen LogP contribution in [0.15, 0.2) is 59.6 Å². The molecule has 1 aliphatic heterocycles. The number of anilines is 3. The van der Waals surface area contributed by atoms with Crippen LogP contribution in [0.25, 0.3) is 6.08 Å². The number of non-ortho nitro benzene ring substituents is 2. The summed E-state index contributed by atoms with van der Waals surface area (Å²) in [6.45, 7) is 0. The number of aromatic nitrogens is 2. The molecule has 0 radical (unpaired) electrons. The van der Waals surface area contributed by atoms with Crippen molar-refractivity contribution in [3.05, 3.63) is 86.0 Å². The minimum atomic E-state index is -0.464. The molecular formula is C21H18N8O4. The number of nitrogens with one attached hydrogen (secondary N) is 1. The van der Waals surface area contributed by atoms with Crippen molar-refractivity contribution in [1.82, 2.24) is 9.97 Å². The van der Waals surface area contributed by atoms with E-state index in [1.165, 1.54) is 24.3 Å². The fourth-order valence-corrected chi connectivity index (χ4v) is 3.35. The number of fused-ring (bicyclic) bond motifs is 1. The van der Waals surface area contributed by atoms with Crippen LogP contribution in [0.5, 0.6) is 0 Å². The van der Waals surface area contributed by atoms with Gasteiger partial charge in [0.25, 0.3) is 11.4 Å². The van der Waals surface area contributed by atoms with Gasteiger partial charge in [0.15, 0.2) is 11.6 Å². The van der Waals surface area contributed by atoms with E-state index >= 15 is 0 Å². The molecule has 0 fully saturated rings. The van der Waals surface area contributed by atoms with Crippen molar-refractivity contribution < 1.29 is 9.85 Å². The second kappa shape index (κ2) is 8.70. The zero-order valence-electron chi connectivity index (χ0n) is 17.1. The summed E-state index contributed by atoms with van der Waals surface area (Å²) in [5, 5.41) is 25.1. The van der Waals surface area contributed by atoms with E-state index in [0.717, 1.165) is 11.1 Å². The molecule has 1 atom stereocenters. The van der Waals surface area contributed by atoms with Gasteiger partial charge in [0.2, 0.25) is 5.95 Å². The van der Waals surface area contributed by atoms with E-state index in [1.54, 1.807) is 36.4 Å². The van der Waals surface area contributed by atoms with Gasteiger partial charge in [0, 0.05) is 36.4 Å². The van der Waals surface area contributed by atoms with Crippen molar-refractivity contribution in [3.8, 4) is 0 Å². The first kappa shape index (κ1) is 21.4. The molecule has 2 heterocycles. The van der Waals surface area contributed by atoms with Crippen LogP contribution < -0.4 is 16.8 Å². The summed E-state index contributed by atoms with van der Waals surface area (Å²) >= 11 is 0. The number of hydrogen-bond donors (Lipinski definition) is 3. The lowest BCUT2D eigenvalue weighted by molar-refractivity contribution is -0.385. The molecule has 0 aliphatic carbocycles. The van der Waals surface area contributed by atoms with Crippen LogP contribution in [0.3, 0.4) is 0 Å². The number of rotatable bonds is 5. The number of aliphatic imine (C=N–C) groups is 1. The third-order valence-corrected chi connectivity index (χ3v) is 4.99. The molecule has 12 heteroatoms. The second-order valence-corrected chi connectivity index (χ2v) is 7.20. The second-order valence-electron chi connectivity index (χ2n) is 7.20. The van der Waals surface area contributed by atoms with Gasteiger partial charge in [0.1, 0.15) is 5.69 Å². The zero-order valence-corrected chi connectivity index (χ0v) is 17.1. The van der Waals surface area contributed by atoms with Crippen molar-refractivity contribution in [3.63, 3.8) is 0 Å². The minimum Gasteiger partial charge on any atom is -0.382 e. The van der Waals surface area contributed by atoms with E-state index in [0.29, 0.717) is 23.6 Å². The Morgan fingerprint density at radius 3 is 2.12 bits per heavy atom. The third kappa shape index (κ3) is 4.74. The number of nitro benzene ring substituents is 2. The first-order valence-corrected chi connectivity index (χ1v) is 9.74. The molecule has 12 nitrogen and oxygen atoms in total. The predicted octanol–water partition coefficient (Wildman–Crippen LogP) is 3.80. The molecule has 0 spiro atoms. The number of nitrogens with two attached hydrogens (primary N) is 2. The number of nitro groups is 2. The first-order valence-electron chi connectivity index (χ1n) is 9.74. The number of allylic oxidation sites excluding steroid dienone is 1. The molecule has 0 saturated heterocycles. The summed E-state index contributed by atoms with van der Waals surface area (Å²) in [6, 6.07) is 11.9. The zero-order chi connectivity index (χ0) is 23.5. The Balaban J connectivity index is 1.70. The van der Waals surface area contributed by atoms with Gasteiger partial charge >= 0.3 is 0 Å². The van der Waals surface area contributed by atoms with Gasteiger partial charge in [-0.15, -0.1) is 0 Å². The highest BCUT2D eigenvalue weighted by Crippen LogP contribution is 2.37. The highest BCUT2D eigenvalue weighted by Gasteiger charge is 2.23. The van der Waals surface area contributed by atoms with Gasteiger partial charge in [-0.3, -0.25) is 20.2 Å². The lowest BCUT2D eigenvalue weighted by atomic mass is 10.00. The van der Waals surface area contributed by atoms with Gasteiger partial charge < -0.3 is 16.8 Å². The summed E-state index contributed by atoms with van der Waals surface area (Å²) in [4.78, 5) is 33.7. The Morgan fingerprint density at radius 2 is 1.52 bits per heavy atom. The van der Waals surface area contributed by atoms with E-state index < -0.39 is 9.85 Å². The van der Waals surface area contributed by atoms with Crippen LogP contribution in [0.4, 0.5) is 34.6 Å². The monoisotopic (exact) mass is 446 g/mol. The van der Waals surface area contributed by atoms with E-state index in [9.17, 15) is 20.2 Å². The first-order chi connectivity index (χ1) is 15.8. The standard InChI is InChI=1S/C21H18N8O4/c22-19-18-20(27-21(23)26-19)25-17(13-4-9-16(10-5-13)29(32)33)11-14(24-18)6-1-12-2-7-15(8-3-12)28(30)31/h1-10,17H,11H2,(H5,22,23,25,26,27)/b6-1+. The largest absolute Gasteiger partial charge is 0.382 e. The smallest absolute Gasteiger partial charge is 0.269 e. The SMILES string of the molecule is Nc1nc(N)c2c(n1)NC(c1ccc([N+](=O)[O-])cc1)CC(/C=C/c1ccc([N+](=O)[O-])cc1)=N2. The van der Waals surface area contributed by atoms with E-state index in [2.05, 4.69) is 20.3 Å². The van der Waals surface area contributed by atoms with Crippen LogP contribution in [-0.2, 0) is 0 Å². The lowest BCUT2D eigenvalue weighted by Crippen LogP contribution is -2.14. The molecule has 0 bridgehead atoms. The molecule has 5 N–H and O–H groups in total. The van der Waals surface area contributed by atoms with E-state index in [4.69, 9.17) is 11.5 Å². The lowest BCUT2D eigenvalue weighted by Gasteiger charge is -2.18. The molecule has 0 saturated carbocycles. The molecule has 0 amide bonds. The Kier molecular flexibility index (Phi) is 5.64. The fraction of sp³-hybridized carbons (Fsp3) is 0.0952. The van der Waals surface area contributed by atoms with Gasteiger partial charge in [0.05, 0.1) is 15.9 Å². The van der Waals surface area contributed by atoms with Crippen LogP contribution in [0, 0.1) is 20.2 Å². The predicted molar refractivity (Wildman–Crippen MR) is 124 cm³/mol. The Hall–Kier alpha value is -4.87. The minimum absolute atomic E-state index is 0.00201. The molecule has 1 aliphatic rings. The van der Waals surface area contributed by atoms with E-state index in [1.807, 2.05) is 0 Å². The maximum Gasteiger partial charge on any atom is 0.269 e. The molecule has 1 aromatic heterocycles. The molecule has 166 valence electrons. The van der Waals surface area contributed by atoms with Crippen molar-refractivity contribution in [2.45, 2.75) is 12.5 Å². The van der Waals surface area contributed by atoms with Gasteiger partial charge in [-0.25, -0.2) is 4.99 Å². The molecule has 3 aromatic rings. The summed E-state index contributed by atoms with van der Waals surface area (Å²) in [7, 11) is 0. The van der Waals surface area contributed by atoms with Gasteiger partial charge in [-0.05, 0) is 29.3 Å². The van der Waals surface area contributed by atoms with Crippen molar-refractivity contribution >= 4 is 46.4 Å². The summed E-state index contributed by atoms with van der Waals surface area (Å²) < 4.78 is 0. The van der Waals surface area contributed by atoms with Crippen LogP contribution in [0.1, 0.15) is 23.6 Å². The molecule has 2 aromatic carbocycles. The average Bonchev–Trinajstić information content (AvgIpc) is 2.97. The van der Waals surface area contributed by atoms with Crippen LogP contribution >= 0.6 is 0 Å². The number of nitrogen functional groups attached to an aromatic ring is 2. The highest BCUT2D eigenvalue weighted by atomic mass is 16.6. The van der Waals surface area contributed by atoms with Gasteiger partial charge in [-0.1, -0.05) is 18.2 Å². The highest BCUT2D eigenvalue weighted by molar-refractivity contribution is 6.02. The molecule has 33 heavy (non-hydrogen) atoms. The molecule has 4 rings (SSSR count). The normalized spacial score (nSPS) is 15.3. The number of hydrogen-bond acceptors (Lipinski definition) is 10. The summed E-state index contributed by atoms with van der Waals surface area (Å²) in [6.07, 6.45) is 3.94. The Labute approximate surface area is 187 Å². The summed E-state index contributed by atoms with van der Waals surface area (Å²) in [5.41, 5.74) is 14.2. The molecule has 1 unspecified atom stereocenters. The molecular weight excluding hydrogens is 428 g/mol. The average molecular weight is 446 g/mol. The quantitative estimate of drug-likeness (QED) is 0.386. The number of nitrogens with zero attached hydrogens (tertiary/aromatic N) is 5. The van der Waals surface area contributed by atoms with Gasteiger partial charge in [-0.2, -0.15) is 9.97 Å².